The Balaban J connectivity index is 1.61. The molecule has 4 atom stereocenters. The summed E-state index contributed by atoms with van der Waals surface area (Å²) in [6.07, 6.45) is -5.87. The summed E-state index contributed by atoms with van der Waals surface area (Å²) in [6, 6.07) is 8.67. The van der Waals surface area contributed by atoms with Crippen molar-refractivity contribution in [3.63, 3.8) is 0 Å². The molecule has 2 aliphatic rings. The molecule has 126 valence electrons. The van der Waals surface area contributed by atoms with Gasteiger partial charge in [0, 0.05) is 12.3 Å². The zero-order valence-corrected chi connectivity index (χ0v) is 12.4. The molecule has 2 aromatic rings. The first kappa shape index (κ1) is 15.3. The number of nitrogens with zero attached hydrogens (tertiary/aromatic N) is 3. The Hall–Kier alpha value is -2.25. The van der Waals surface area contributed by atoms with E-state index in [0.717, 1.165) is 5.56 Å². The van der Waals surface area contributed by atoms with Crippen LogP contribution in [0.1, 0.15) is 47.1 Å². The predicted molar refractivity (Wildman–Crippen MR) is 75.1 cm³/mol. The molecular weight excluding hydrogens is 326 g/mol. The van der Waals surface area contributed by atoms with Crippen LogP contribution < -0.4 is 0 Å². The lowest BCUT2D eigenvalue weighted by molar-refractivity contribution is -0.149. The van der Waals surface area contributed by atoms with Crippen molar-refractivity contribution >= 4 is 5.78 Å². The maximum absolute atomic E-state index is 14.2. The van der Waals surface area contributed by atoms with E-state index in [9.17, 15) is 22.4 Å². The Morgan fingerprint density at radius 3 is 2.50 bits per heavy atom. The molecule has 2 heterocycles. The lowest BCUT2D eigenvalue weighted by Gasteiger charge is -2.11. The highest BCUT2D eigenvalue weighted by molar-refractivity contribution is 5.96. The predicted octanol–water partition coefficient (Wildman–Crippen LogP) is 3.66. The first-order valence-corrected chi connectivity index (χ1v) is 7.62. The van der Waals surface area contributed by atoms with Crippen molar-refractivity contribution in [3.8, 4) is 0 Å². The third-order valence-corrected chi connectivity index (χ3v) is 4.62. The summed E-state index contributed by atoms with van der Waals surface area (Å²) < 4.78 is 53.4. The second kappa shape index (κ2) is 5.12. The molecule has 0 amide bonds. The highest BCUT2D eigenvalue weighted by Crippen LogP contribution is 2.51. The summed E-state index contributed by atoms with van der Waals surface area (Å²) in [6.45, 7) is 0. The van der Waals surface area contributed by atoms with Gasteiger partial charge in [-0.05, 0) is 12.0 Å². The van der Waals surface area contributed by atoms with E-state index < -0.39 is 36.0 Å². The summed E-state index contributed by atoms with van der Waals surface area (Å²) in [5.41, 5.74) is 0.822. The van der Waals surface area contributed by atoms with Gasteiger partial charge < -0.3 is 0 Å². The Morgan fingerprint density at radius 2 is 1.88 bits per heavy atom. The number of fused-ring (bicyclic) bond motifs is 1. The molecular formula is C16H13F4N3O. The summed E-state index contributed by atoms with van der Waals surface area (Å²) in [5.74, 6) is -3.82. The van der Waals surface area contributed by atoms with Gasteiger partial charge in [0.15, 0.2) is 12.0 Å². The number of hydrogen-bond acceptors (Lipinski definition) is 3. The smallest absolute Gasteiger partial charge is 0.290 e. The zero-order chi connectivity index (χ0) is 17.1. The van der Waals surface area contributed by atoms with E-state index in [1.807, 2.05) is 30.3 Å². The maximum atomic E-state index is 14.2. The molecule has 0 N–H and O–H groups in total. The van der Waals surface area contributed by atoms with Crippen LogP contribution >= 0.6 is 0 Å². The van der Waals surface area contributed by atoms with Gasteiger partial charge in [-0.3, -0.25) is 4.79 Å². The van der Waals surface area contributed by atoms with Gasteiger partial charge in [0.05, 0.1) is 12.0 Å². The fourth-order valence-electron chi connectivity index (χ4n) is 3.25. The number of carbonyl (C=O) groups is 1. The van der Waals surface area contributed by atoms with Crippen molar-refractivity contribution in [2.75, 3.05) is 0 Å². The quantitative estimate of drug-likeness (QED) is 0.633. The van der Waals surface area contributed by atoms with Crippen LogP contribution in [0.4, 0.5) is 17.6 Å². The monoisotopic (exact) mass is 339 g/mol. The zero-order valence-electron chi connectivity index (χ0n) is 12.4. The van der Waals surface area contributed by atoms with Crippen LogP contribution in [-0.2, 0) is 0 Å². The highest BCUT2D eigenvalue weighted by Gasteiger charge is 2.59. The van der Waals surface area contributed by atoms with Gasteiger partial charge in [-0.15, -0.1) is 5.10 Å². The molecule has 0 radical (unpaired) electrons. The first-order valence-electron chi connectivity index (χ1n) is 7.62. The van der Waals surface area contributed by atoms with Crippen molar-refractivity contribution in [1.82, 2.24) is 14.8 Å². The lowest BCUT2D eigenvalue weighted by atomic mass is 10.0. The summed E-state index contributed by atoms with van der Waals surface area (Å²) in [5, 5.41) is 4.03. The fraction of sp³-hybridized carbons (Fsp3) is 0.438. The van der Waals surface area contributed by atoms with Gasteiger partial charge in [0.2, 0.25) is 11.6 Å². The molecule has 0 spiro atoms. The van der Waals surface area contributed by atoms with Crippen molar-refractivity contribution < 1.29 is 22.4 Å². The highest BCUT2D eigenvalue weighted by atomic mass is 19.4. The third kappa shape index (κ3) is 2.40. The number of halogens is 4. The van der Waals surface area contributed by atoms with Crippen molar-refractivity contribution in [3.05, 3.63) is 47.5 Å². The van der Waals surface area contributed by atoms with Crippen LogP contribution in [0.15, 0.2) is 30.3 Å². The Morgan fingerprint density at radius 1 is 1.17 bits per heavy atom. The van der Waals surface area contributed by atoms with Crippen LogP contribution in [0.3, 0.4) is 0 Å². The number of rotatable bonds is 3. The second-order valence-electron chi connectivity index (χ2n) is 6.22. The number of aromatic nitrogens is 3. The topological polar surface area (TPSA) is 47.8 Å². The molecule has 1 fully saturated rings. The molecule has 24 heavy (non-hydrogen) atoms. The average molecular weight is 339 g/mol. The number of Topliss-reactive ketones (excluding diaryl/α,β-unsaturated/α-hetero) is 1. The third-order valence-electron chi connectivity index (χ3n) is 4.62. The molecule has 1 aliphatic carbocycles. The molecule has 1 aliphatic heterocycles. The molecule has 1 aromatic carbocycles. The van der Waals surface area contributed by atoms with Crippen LogP contribution in [0.5, 0.6) is 0 Å². The Labute approximate surface area is 134 Å². The van der Waals surface area contributed by atoms with Crippen LogP contribution in [0.2, 0.25) is 0 Å². The molecule has 8 heteroatoms. The molecule has 1 saturated carbocycles. The Kier molecular flexibility index (Phi) is 3.26. The SMILES string of the molecule is O=C(c1nc2n(n1)[C@H](c1ccccc1)C[C@@H]2F)[C@@H]1CC1C(F)(F)F. The second-order valence-corrected chi connectivity index (χ2v) is 6.22. The van der Waals surface area contributed by atoms with Crippen LogP contribution in [0, 0.1) is 11.8 Å². The van der Waals surface area contributed by atoms with Crippen LogP contribution in [0.25, 0.3) is 0 Å². The van der Waals surface area contributed by atoms with Gasteiger partial charge in [-0.2, -0.15) is 13.2 Å². The number of alkyl halides is 4. The summed E-state index contributed by atoms with van der Waals surface area (Å²) in [4.78, 5) is 16.0. The van der Waals surface area contributed by atoms with Crippen LogP contribution in [-0.4, -0.2) is 26.7 Å². The largest absolute Gasteiger partial charge is 0.392 e. The fourth-order valence-corrected chi connectivity index (χ4v) is 3.25. The average Bonchev–Trinajstić information content (AvgIpc) is 3.16. The number of hydrogen-bond donors (Lipinski definition) is 0. The maximum Gasteiger partial charge on any atom is 0.392 e. The van der Waals surface area contributed by atoms with E-state index in [0.29, 0.717) is 0 Å². The minimum Gasteiger partial charge on any atom is -0.290 e. The standard InChI is InChI=1S/C16H13F4N3O/c17-11-7-12(8-4-2-1-3-5-8)23-15(11)21-14(22-23)13(24)9-6-10(9)16(18,19)20/h1-5,9-12H,6-7H2/t9-,10?,11+,12+/m1/s1. The van der Waals surface area contributed by atoms with E-state index in [2.05, 4.69) is 10.1 Å². The van der Waals surface area contributed by atoms with Gasteiger partial charge >= 0.3 is 6.18 Å². The number of carbonyl (C=O) groups excluding carboxylic acids is 1. The minimum atomic E-state index is -4.39. The van der Waals surface area contributed by atoms with E-state index in [1.54, 1.807) is 0 Å². The first-order chi connectivity index (χ1) is 11.4. The van der Waals surface area contributed by atoms with Crippen molar-refractivity contribution in [2.24, 2.45) is 11.8 Å². The molecule has 1 aromatic heterocycles. The van der Waals surface area contributed by atoms with Gasteiger partial charge in [0.25, 0.3) is 0 Å². The van der Waals surface area contributed by atoms with Gasteiger partial charge in [0.1, 0.15) is 0 Å². The molecule has 4 rings (SSSR count). The van der Waals surface area contributed by atoms with E-state index in [4.69, 9.17) is 0 Å². The number of benzene rings is 1. The van der Waals surface area contributed by atoms with E-state index in [1.165, 1.54) is 4.68 Å². The summed E-state index contributed by atoms with van der Waals surface area (Å²) >= 11 is 0. The molecule has 1 unspecified atom stereocenters. The lowest BCUT2D eigenvalue weighted by Crippen LogP contribution is -2.17. The molecule has 4 nitrogen and oxygen atoms in total. The molecule has 0 bridgehead atoms. The van der Waals surface area contributed by atoms with Gasteiger partial charge in [-0.1, -0.05) is 30.3 Å². The van der Waals surface area contributed by atoms with Gasteiger partial charge in [-0.25, -0.2) is 14.1 Å². The normalized spacial score (nSPS) is 28.7. The summed E-state index contributed by atoms with van der Waals surface area (Å²) in [7, 11) is 0. The van der Waals surface area contributed by atoms with E-state index in [-0.39, 0.29) is 24.5 Å². The Bertz CT molecular complexity index is 786. The minimum absolute atomic E-state index is 0.0106. The van der Waals surface area contributed by atoms with Crippen molar-refractivity contribution in [1.29, 1.82) is 0 Å². The number of ketones is 1. The van der Waals surface area contributed by atoms with E-state index >= 15 is 0 Å². The van der Waals surface area contributed by atoms with Crippen molar-refractivity contribution in [2.45, 2.75) is 31.2 Å². The molecule has 0 saturated heterocycles.